The maximum atomic E-state index is 11.8. The molecule has 0 fully saturated rings. The number of hydrogen-bond donors (Lipinski definition) is 1. The summed E-state index contributed by atoms with van der Waals surface area (Å²) in [5.74, 6) is 0. The number of rotatable bonds is 7. The van der Waals surface area contributed by atoms with Crippen molar-refractivity contribution in [2.24, 2.45) is 0 Å². The standard InChI is InChI=1S/C12H19ClN4O/c1-4-7-17-12(18)11(13)10(9-15-17)14-6-5-8-16(2)3/h4,9,14H,1,5-8H2,2-3H3. The van der Waals surface area contributed by atoms with Crippen LogP contribution in [0.3, 0.4) is 0 Å². The van der Waals surface area contributed by atoms with E-state index in [1.165, 1.54) is 4.68 Å². The van der Waals surface area contributed by atoms with E-state index in [1.54, 1.807) is 12.3 Å². The molecule has 1 N–H and O–H groups in total. The van der Waals surface area contributed by atoms with E-state index < -0.39 is 0 Å². The van der Waals surface area contributed by atoms with Gasteiger partial charge in [0, 0.05) is 6.54 Å². The molecule has 0 spiro atoms. The Morgan fingerprint density at radius 2 is 2.33 bits per heavy atom. The van der Waals surface area contributed by atoms with Crippen LogP contribution in [-0.4, -0.2) is 41.9 Å². The van der Waals surface area contributed by atoms with E-state index in [1.807, 2.05) is 14.1 Å². The van der Waals surface area contributed by atoms with E-state index in [0.717, 1.165) is 19.5 Å². The molecular weight excluding hydrogens is 252 g/mol. The monoisotopic (exact) mass is 270 g/mol. The van der Waals surface area contributed by atoms with Crippen molar-refractivity contribution in [1.82, 2.24) is 14.7 Å². The normalized spacial score (nSPS) is 10.7. The highest BCUT2D eigenvalue weighted by molar-refractivity contribution is 6.32. The van der Waals surface area contributed by atoms with Gasteiger partial charge in [0.1, 0.15) is 5.02 Å². The summed E-state index contributed by atoms with van der Waals surface area (Å²) in [6, 6.07) is 0. The van der Waals surface area contributed by atoms with Crippen LogP contribution in [-0.2, 0) is 6.54 Å². The molecule has 1 aromatic rings. The number of allylic oxidation sites excluding steroid dienone is 1. The van der Waals surface area contributed by atoms with Crippen LogP contribution in [0.5, 0.6) is 0 Å². The van der Waals surface area contributed by atoms with E-state index in [2.05, 4.69) is 21.9 Å². The lowest BCUT2D eigenvalue weighted by Gasteiger charge is -2.11. The zero-order valence-electron chi connectivity index (χ0n) is 10.8. The number of anilines is 1. The molecule has 0 radical (unpaired) electrons. The molecule has 0 amide bonds. The Hall–Kier alpha value is -1.33. The summed E-state index contributed by atoms with van der Waals surface area (Å²) >= 11 is 6.00. The first-order valence-corrected chi connectivity index (χ1v) is 6.19. The Labute approximate surface area is 112 Å². The summed E-state index contributed by atoms with van der Waals surface area (Å²) in [6.45, 7) is 5.66. The zero-order valence-corrected chi connectivity index (χ0v) is 11.6. The number of nitrogens with one attached hydrogen (secondary N) is 1. The molecule has 0 saturated heterocycles. The van der Waals surface area contributed by atoms with Crippen LogP contribution in [0.15, 0.2) is 23.6 Å². The molecule has 0 saturated carbocycles. The minimum atomic E-state index is -0.297. The van der Waals surface area contributed by atoms with Gasteiger partial charge in [-0.3, -0.25) is 4.79 Å². The van der Waals surface area contributed by atoms with Crippen molar-refractivity contribution in [3.8, 4) is 0 Å². The van der Waals surface area contributed by atoms with Gasteiger partial charge in [0.25, 0.3) is 5.56 Å². The van der Waals surface area contributed by atoms with E-state index >= 15 is 0 Å². The van der Waals surface area contributed by atoms with E-state index in [9.17, 15) is 4.79 Å². The number of halogens is 1. The summed E-state index contributed by atoms with van der Waals surface area (Å²) < 4.78 is 1.28. The minimum absolute atomic E-state index is 0.178. The van der Waals surface area contributed by atoms with Crippen LogP contribution < -0.4 is 10.9 Å². The van der Waals surface area contributed by atoms with Crippen molar-refractivity contribution in [1.29, 1.82) is 0 Å². The largest absolute Gasteiger partial charge is 0.382 e. The number of nitrogens with zero attached hydrogens (tertiary/aromatic N) is 3. The maximum Gasteiger partial charge on any atom is 0.287 e. The lowest BCUT2D eigenvalue weighted by atomic mass is 10.3. The molecule has 0 aliphatic carbocycles. The van der Waals surface area contributed by atoms with Crippen LogP contribution in [0.2, 0.25) is 5.02 Å². The van der Waals surface area contributed by atoms with E-state index in [-0.39, 0.29) is 10.6 Å². The van der Waals surface area contributed by atoms with Crippen LogP contribution in [0, 0.1) is 0 Å². The highest BCUT2D eigenvalue weighted by atomic mass is 35.5. The Morgan fingerprint density at radius 1 is 1.61 bits per heavy atom. The second-order valence-electron chi connectivity index (χ2n) is 4.23. The summed E-state index contributed by atoms with van der Waals surface area (Å²) in [5.41, 5.74) is 0.287. The van der Waals surface area contributed by atoms with Gasteiger partial charge in [0.05, 0.1) is 18.4 Å². The molecule has 0 aromatic carbocycles. The molecule has 0 unspecified atom stereocenters. The molecule has 1 heterocycles. The van der Waals surface area contributed by atoms with Crippen LogP contribution >= 0.6 is 11.6 Å². The molecule has 18 heavy (non-hydrogen) atoms. The Morgan fingerprint density at radius 3 is 2.94 bits per heavy atom. The Balaban J connectivity index is 2.65. The van der Waals surface area contributed by atoms with Gasteiger partial charge in [0.2, 0.25) is 0 Å². The maximum absolute atomic E-state index is 11.8. The van der Waals surface area contributed by atoms with Gasteiger partial charge in [-0.15, -0.1) is 6.58 Å². The first kappa shape index (κ1) is 14.7. The van der Waals surface area contributed by atoms with Crippen LogP contribution in [0.4, 0.5) is 5.69 Å². The Kier molecular flexibility index (Phi) is 5.88. The molecule has 6 heteroatoms. The lowest BCUT2D eigenvalue weighted by molar-refractivity contribution is 0.405. The van der Waals surface area contributed by atoms with Crippen LogP contribution in [0.1, 0.15) is 6.42 Å². The summed E-state index contributed by atoms with van der Waals surface area (Å²) in [6.07, 6.45) is 4.15. The van der Waals surface area contributed by atoms with Crippen molar-refractivity contribution >= 4 is 17.3 Å². The first-order chi connectivity index (χ1) is 8.56. The number of aromatic nitrogens is 2. The van der Waals surface area contributed by atoms with Crippen LogP contribution in [0.25, 0.3) is 0 Å². The third-order valence-electron chi connectivity index (χ3n) is 2.38. The predicted molar refractivity (Wildman–Crippen MR) is 75.4 cm³/mol. The van der Waals surface area contributed by atoms with Crippen molar-refractivity contribution in [2.45, 2.75) is 13.0 Å². The van der Waals surface area contributed by atoms with Gasteiger partial charge < -0.3 is 10.2 Å². The van der Waals surface area contributed by atoms with Crippen molar-refractivity contribution < 1.29 is 0 Å². The average molecular weight is 271 g/mol. The van der Waals surface area contributed by atoms with Crippen molar-refractivity contribution in [3.05, 3.63) is 34.2 Å². The lowest BCUT2D eigenvalue weighted by Crippen LogP contribution is -2.24. The molecule has 5 nitrogen and oxygen atoms in total. The second kappa shape index (κ2) is 7.18. The van der Waals surface area contributed by atoms with Crippen molar-refractivity contribution in [2.75, 3.05) is 32.5 Å². The van der Waals surface area contributed by atoms with Gasteiger partial charge in [-0.1, -0.05) is 17.7 Å². The van der Waals surface area contributed by atoms with Gasteiger partial charge in [-0.05, 0) is 27.1 Å². The molecule has 0 atom stereocenters. The van der Waals surface area contributed by atoms with Gasteiger partial charge in [-0.2, -0.15) is 5.10 Å². The summed E-state index contributed by atoms with van der Waals surface area (Å²) in [5, 5.41) is 7.31. The topological polar surface area (TPSA) is 50.2 Å². The predicted octanol–water partition coefficient (Wildman–Crippen LogP) is 1.45. The van der Waals surface area contributed by atoms with Crippen molar-refractivity contribution in [3.63, 3.8) is 0 Å². The third-order valence-corrected chi connectivity index (χ3v) is 2.75. The van der Waals surface area contributed by atoms with Gasteiger partial charge in [0.15, 0.2) is 0 Å². The fourth-order valence-corrected chi connectivity index (χ4v) is 1.67. The molecule has 0 bridgehead atoms. The third kappa shape index (κ3) is 4.16. The van der Waals surface area contributed by atoms with Gasteiger partial charge in [-0.25, -0.2) is 4.68 Å². The summed E-state index contributed by atoms with van der Waals surface area (Å²) in [7, 11) is 4.04. The quantitative estimate of drug-likeness (QED) is 0.602. The zero-order chi connectivity index (χ0) is 13.5. The van der Waals surface area contributed by atoms with E-state index in [4.69, 9.17) is 11.6 Å². The number of hydrogen-bond acceptors (Lipinski definition) is 4. The molecule has 1 aromatic heterocycles. The molecule has 100 valence electrons. The minimum Gasteiger partial charge on any atom is -0.382 e. The van der Waals surface area contributed by atoms with E-state index in [0.29, 0.717) is 12.2 Å². The fraction of sp³-hybridized carbons (Fsp3) is 0.500. The highest BCUT2D eigenvalue weighted by Crippen LogP contribution is 2.14. The fourth-order valence-electron chi connectivity index (χ4n) is 1.46. The SMILES string of the molecule is C=CCn1ncc(NCCCN(C)C)c(Cl)c1=O. The second-order valence-corrected chi connectivity index (χ2v) is 4.61. The molecule has 1 rings (SSSR count). The first-order valence-electron chi connectivity index (χ1n) is 5.81. The summed E-state index contributed by atoms with van der Waals surface area (Å²) in [4.78, 5) is 13.9. The molecular formula is C12H19ClN4O. The van der Waals surface area contributed by atoms with Gasteiger partial charge >= 0.3 is 0 Å². The molecule has 0 aliphatic heterocycles. The Bertz CT molecular complexity index is 456. The smallest absolute Gasteiger partial charge is 0.287 e. The highest BCUT2D eigenvalue weighted by Gasteiger charge is 2.07. The molecule has 0 aliphatic rings. The average Bonchev–Trinajstić information content (AvgIpc) is 2.33.